The lowest BCUT2D eigenvalue weighted by Crippen LogP contribution is -2.17. The van der Waals surface area contributed by atoms with E-state index in [-0.39, 0.29) is 0 Å². The maximum Gasteiger partial charge on any atom is 0.267 e. The number of alkyl halides is 2. The summed E-state index contributed by atoms with van der Waals surface area (Å²) in [6.07, 6.45) is -2.22. The third kappa shape index (κ3) is 2.19. The average Bonchev–Trinajstić information content (AvgIpc) is 2.15. The van der Waals surface area contributed by atoms with Gasteiger partial charge in [-0.15, -0.1) is 0 Å². The number of hydrogen-bond acceptors (Lipinski definition) is 5. The normalized spacial score (nSPS) is 11.8. The molecule has 0 saturated carbocycles. The van der Waals surface area contributed by atoms with Crippen LogP contribution in [-0.2, 0) is 10.0 Å². The third-order valence-electron chi connectivity index (χ3n) is 1.78. The van der Waals surface area contributed by atoms with E-state index in [4.69, 9.17) is 10.9 Å². The molecule has 1 aromatic heterocycles. The van der Waals surface area contributed by atoms with Crippen LogP contribution in [0.1, 0.15) is 12.0 Å². The summed E-state index contributed by atoms with van der Waals surface area (Å²) in [5.41, 5.74) is 4.23. The topological polar surface area (TPSA) is 108 Å². The maximum absolute atomic E-state index is 12.4. The number of aromatic nitrogens is 1. The van der Waals surface area contributed by atoms with Crippen LogP contribution in [0.4, 0.5) is 14.5 Å². The van der Waals surface area contributed by atoms with Crippen molar-refractivity contribution in [1.29, 1.82) is 0 Å². The monoisotopic (exact) mass is 253 g/mol. The minimum atomic E-state index is -4.17. The zero-order chi connectivity index (χ0) is 12.5. The second-order valence-corrected chi connectivity index (χ2v) is 4.29. The molecule has 0 aliphatic rings. The van der Waals surface area contributed by atoms with Gasteiger partial charge in [0.05, 0.1) is 18.4 Å². The van der Waals surface area contributed by atoms with Crippen LogP contribution in [0.15, 0.2) is 11.2 Å². The van der Waals surface area contributed by atoms with Crippen molar-refractivity contribution in [1.82, 2.24) is 4.98 Å². The minimum Gasteiger partial charge on any atom is -0.492 e. The molecule has 0 aromatic carbocycles. The van der Waals surface area contributed by atoms with Crippen LogP contribution in [0.5, 0.6) is 5.75 Å². The van der Waals surface area contributed by atoms with Gasteiger partial charge >= 0.3 is 0 Å². The molecule has 0 radical (unpaired) electrons. The Balaban J connectivity index is 3.54. The standard InChI is InChI=1S/C7H9F2N3O3S/c1-15-5-4(10)3(6(8)9)2-12-7(5)16(11,13)14/h2,6H,1H3,(H2,10,12)(H2,11,13,14). The summed E-state index contributed by atoms with van der Waals surface area (Å²) < 4.78 is 51.5. The Kier molecular flexibility index (Phi) is 3.29. The van der Waals surface area contributed by atoms with Crippen molar-refractivity contribution in [3.8, 4) is 5.75 Å². The Hall–Kier alpha value is -1.48. The summed E-state index contributed by atoms with van der Waals surface area (Å²) in [6, 6.07) is 0. The van der Waals surface area contributed by atoms with Crippen molar-refractivity contribution in [2.24, 2.45) is 5.14 Å². The fourth-order valence-corrected chi connectivity index (χ4v) is 1.73. The number of nitrogen functional groups attached to an aromatic ring is 1. The fraction of sp³-hybridized carbons (Fsp3) is 0.286. The van der Waals surface area contributed by atoms with Gasteiger partial charge in [-0.2, -0.15) is 0 Å². The van der Waals surface area contributed by atoms with Gasteiger partial charge in [0.25, 0.3) is 16.4 Å². The van der Waals surface area contributed by atoms with Crippen LogP contribution in [0, 0.1) is 0 Å². The van der Waals surface area contributed by atoms with Gasteiger partial charge in [-0.05, 0) is 0 Å². The van der Waals surface area contributed by atoms with E-state index >= 15 is 0 Å². The van der Waals surface area contributed by atoms with E-state index in [1.807, 2.05) is 0 Å². The molecule has 9 heteroatoms. The van der Waals surface area contributed by atoms with Crippen LogP contribution >= 0.6 is 0 Å². The smallest absolute Gasteiger partial charge is 0.267 e. The van der Waals surface area contributed by atoms with Crippen molar-refractivity contribution < 1.29 is 21.9 Å². The van der Waals surface area contributed by atoms with Crippen molar-refractivity contribution in [2.45, 2.75) is 11.5 Å². The first-order chi connectivity index (χ1) is 7.29. The van der Waals surface area contributed by atoms with E-state index in [1.54, 1.807) is 0 Å². The van der Waals surface area contributed by atoms with Crippen LogP contribution in [-0.4, -0.2) is 20.5 Å². The van der Waals surface area contributed by atoms with Crippen LogP contribution < -0.4 is 15.6 Å². The molecule has 16 heavy (non-hydrogen) atoms. The fourth-order valence-electron chi connectivity index (χ4n) is 1.08. The molecule has 1 rings (SSSR count). The predicted octanol–water partition coefficient (Wildman–Crippen LogP) is 0.257. The highest BCUT2D eigenvalue weighted by Gasteiger charge is 2.24. The average molecular weight is 253 g/mol. The van der Waals surface area contributed by atoms with E-state index in [0.717, 1.165) is 7.11 Å². The number of halogens is 2. The molecule has 0 atom stereocenters. The van der Waals surface area contributed by atoms with Gasteiger partial charge in [0, 0.05) is 6.20 Å². The summed E-state index contributed by atoms with van der Waals surface area (Å²) in [7, 11) is -3.09. The van der Waals surface area contributed by atoms with E-state index in [2.05, 4.69) is 9.72 Å². The molecule has 4 N–H and O–H groups in total. The number of nitrogens with zero attached hydrogens (tertiary/aromatic N) is 1. The molecule has 0 aliphatic carbocycles. The highest BCUT2D eigenvalue weighted by atomic mass is 32.2. The van der Waals surface area contributed by atoms with Gasteiger partial charge in [-0.3, -0.25) is 0 Å². The predicted molar refractivity (Wildman–Crippen MR) is 51.5 cm³/mol. The first-order valence-electron chi connectivity index (χ1n) is 3.92. The maximum atomic E-state index is 12.4. The van der Waals surface area contributed by atoms with Gasteiger partial charge in [0.1, 0.15) is 0 Å². The SMILES string of the molecule is COc1c(S(N)(=O)=O)ncc(C(F)F)c1N. The summed E-state index contributed by atoms with van der Waals surface area (Å²) in [4.78, 5) is 3.30. The number of ether oxygens (including phenoxy) is 1. The highest BCUT2D eigenvalue weighted by molar-refractivity contribution is 7.89. The van der Waals surface area contributed by atoms with Gasteiger partial charge in [-0.25, -0.2) is 27.3 Å². The number of nitrogens with two attached hydrogens (primary N) is 2. The Bertz CT molecular complexity index is 504. The molecule has 0 fully saturated rings. The molecule has 0 spiro atoms. The first-order valence-corrected chi connectivity index (χ1v) is 5.47. The van der Waals surface area contributed by atoms with Gasteiger partial charge in [-0.1, -0.05) is 0 Å². The summed E-state index contributed by atoms with van der Waals surface area (Å²) >= 11 is 0. The Morgan fingerprint density at radius 1 is 1.50 bits per heavy atom. The molecule has 1 heterocycles. The highest BCUT2D eigenvalue weighted by Crippen LogP contribution is 2.35. The van der Waals surface area contributed by atoms with E-state index in [9.17, 15) is 17.2 Å². The molecule has 0 aliphatic heterocycles. The van der Waals surface area contributed by atoms with Crippen molar-refractivity contribution in [3.05, 3.63) is 11.8 Å². The van der Waals surface area contributed by atoms with Crippen molar-refractivity contribution >= 4 is 15.7 Å². The Morgan fingerprint density at radius 2 is 2.06 bits per heavy atom. The molecule has 0 saturated heterocycles. The van der Waals surface area contributed by atoms with Gasteiger partial charge < -0.3 is 10.5 Å². The molecular formula is C7H9F2N3O3S. The molecule has 90 valence electrons. The molecule has 0 unspecified atom stereocenters. The van der Waals surface area contributed by atoms with Gasteiger partial charge in [0.2, 0.25) is 5.03 Å². The minimum absolute atomic E-state index is 0.472. The molecule has 1 aromatic rings. The van der Waals surface area contributed by atoms with Crippen LogP contribution in [0.3, 0.4) is 0 Å². The number of anilines is 1. The number of methoxy groups -OCH3 is 1. The summed E-state index contributed by atoms with van der Waals surface area (Å²) in [5.74, 6) is -0.472. The number of sulfonamides is 1. The summed E-state index contributed by atoms with van der Waals surface area (Å²) in [6.45, 7) is 0. The third-order valence-corrected chi connectivity index (χ3v) is 2.61. The quantitative estimate of drug-likeness (QED) is 0.803. The lowest BCUT2D eigenvalue weighted by atomic mass is 10.2. The van der Waals surface area contributed by atoms with Crippen molar-refractivity contribution in [2.75, 3.05) is 12.8 Å². The zero-order valence-electron chi connectivity index (χ0n) is 8.15. The summed E-state index contributed by atoms with van der Waals surface area (Å²) in [5, 5.41) is 4.15. The molecular weight excluding hydrogens is 244 g/mol. The first kappa shape index (κ1) is 12.6. The number of primary sulfonamides is 1. The number of pyridine rings is 1. The van der Waals surface area contributed by atoms with Crippen LogP contribution in [0.25, 0.3) is 0 Å². The Labute approximate surface area is 90.3 Å². The second-order valence-electron chi connectivity index (χ2n) is 2.81. The number of hydrogen-bond donors (Lipinski definition) is 2. The van der Waals surface area contributed by atoms with E-state index < -0.39 is 38.5 Å². The lowest BCUT2D eigenvalue weighted by Gasteiger charge is -2.11. The molecule has 0 amide bonds. The van der Waals surface area contributed by atoms with Crippen molar-refractivity contribution in [3.63, 3.8) is 0 Å². The molecule has 0 bridgehead atoms. The van der Waals surface area contributed by atoms with Crippen LogP contribution in [0.2, 0.25) is 0 Å². The zero-order valence-corrected chi connectivity index (χ0v) is 8.96. The van der Waals surface area contributed by atoms with E-state index in [0.29, 0.717) is 6.20 Å². The van der Waals surface area contributed by atoms with E-state index in [1.165, 1.54) is 0 Å². The van der Waals surface area contributed by atoms with Gasteiger partial charge in [0.15, 0.2) is 5.75 Å². The largest absolute Gasteiger partial charge is 0.492 e. The molecule has 6 nitrogen and oxygen atoms in total. The lowest BCUT2D eigenvalue weighted by molar-refractivity contribution is 0.151. The second kappa shape index (κ2) is 4.18. The Morgan fingerprint density at radius 3 is 2.44 bits per heavy atom. The number of rotatable bonds is 3.